The summed E-state index contributed by atoms with van der Waals surface area (Å²) in [6, 6.07) is 2.66. The number of nitrogens with zero attached hydrogens (tertiary/aromatic N) is 2. The molecule has 2 rings (SSSR count). The molecule has 0 bridgehead atoms. The lowest BCUT2D eigenvalue weighted by Crippen LogP contribution is -2.06. The fourth-order valence-corrected chi connectivity index (χ4v) is 1.86. The van der Waals surface area contributed by atoms with Gasteiger partial charge in [0.25, 0.3) is 0 Å². The van der Waals surface area contributed by atoms with E-state index in [-0.39, 0.29) is 12.4 Å². The van der Waals surface area contributed by atoms with Crippen LogP contribution >= 0.6 is 12.4 Å². The molecule has 0 spiro atoms. The Morgan fingerprint density at radius 3 is 2.69 bits per heavy atom. The molecule has 1 saturated carbocycles. The zero-order chi connectivity index (χ0) is 8.39. The number of hydrogen-bond donors (Lipinski definition) is 1. The van der Waals surface area contributed by atoms with E-state index in [9.17, 15) is 0 Å². The van der Waals surface area contributed by atoms with Gasteiger partial charge >= 0.3 is 0 Å². The Morgan fingerprint density at radius 2 is 2.15 bits per heavy atom. The predicted molar refractivity (Wildman–Crippen MR) is 54.9 cm³/mol. The lowest BCUT2D eigenvalue weighted by atomic mass is 10.3. The second kappa shape index (κ2) is 4.63. The summed E-state index contributed by atoms with van der Waals surface area (Å²) in [5, 5.41) is 4.40. The molecule has 13 heavy (non-hydrogen) atoms. The van der Waals surface area contributed by atoms with E-state index in [4.69, 9.17) is 5.73 Å². The van der Waals surface area contributed by atoms with Gasteiger partial charge in [0, 0.05) is 12.7 Å². The summed E-state index contributed by atoms with van der Waals surface area (Å²) in [6.07, 6.45) is 7.32. The van der Waals surface area contributed by atoms with Crippen LogP contribution in [0.2, 0.25) is 0 Å². The third-order valence-corrected chi connectivity index (χ3v) is 2.57. The maximum absolute atomic E-state index is 5.49. The van der Waals surface area contributed by atoms with Crippen LogP contribution in [0.4, 0.5) is 0 Å². The number of hydrogen-bond acceptors (Lipinski definition) is 2. The maximum Gasteiger partial charge on any atom is 0.0760 e. The highest BCUT2D eigenvalue weighted by Gasteiger charge is 2.16. The van der Waals surface area contributed by atoms with E-state index in [0.29, 0.717) is 12.6 Å². The van der Waals surface area contributed by atoms with Gasteiger partial charge in [-0.15, -0.1) is 12.4 Å². The van der Waals surface area contributed by atoms with Gasteiger partial charge < -0.3 is 5.73 Å². The van der Waals surface area contributed by atoms with E-state index in [1.807, 2.05) is 6.07 Å². The minimum atomic E-state index is 0. The SMILES string of the molecule is Cl.NCc1ccn(C2CCCC2)n1. The van der Waals surface area contributed by atoms with Crippen molar-refractivity contribution in [3.05, 3.63) is 18.0 Å². The van der Waals surface area contributed by atoms with Crippen LogP contribution in [0.15, 0.2) is 12.3 Å². The molecule has 3 nitrogen and oxygen atoms in total. The molecule has 0 saturated heterocycles. The Bertz CT molecular complexity index is 253. The van der Waals surface area contributed by atoms with Gasteiger partial charge in [-0.1, -0.05) is 12.8 Å². The third kappa shape index (κ3) is 2.23. The standard InChI is InChI=1S/C9H15N3.ClH/c10-7-8-5-6-12(11-8)9-3-1-2-4-9;/h5-6,9H,1-4,7,10H2;1H. The fraction of sp³-hybridized carbons (Fsp3) is 0.667. The lowest BCUT2D eigenvalue weighted by Gasteiger charge is -2.08. The molecule has 1 aliphatic rings. The summed E-state index contributed by atoms with van der Waals surface area (Å²) in [5.74, 6) is 0. The average Bonchev–Trinajstić information content (AvgIpc) is 2.75. The van der Waals surface area contributed by atoms with Crippen molar-refractivity contribution in [1.29, 1.82) is 0 Å². The number of rotatable bonds is 2. The minimum absolute atomic E-state index is 0. The van der Waals surface area contributed by atoms with Crippen LogP contribution in [0.1, 0.15) is 37.4 Å². The number of aromatic nitrogens is 2. The Morgan fingerprint density at radius 1 is 1.46 bits per heavy atom. The Labute approximate surface area is 84.7 Å². The third-order valence-electron chi connectivity index (χ3n) is 2.57. The van der Waals surface area contributed by atoms with Gasteiger partial charge in [-0.2, -0.15) is 5.10 Å². The van der Waals surface area contributed by atoms with E-state index < -0.39 is 0 Å². The van der Waals surface area contributed by atoms with Crippen LogP contribution < -0.4 is 5.73 Å². The van der Waals surface area contributed by atoms with E-state index in [1.165, 1.54) is 25.7 Å². The van der Waals surface area contributed by atoms with Crippen LogP contribution in [-0.2, 0) is 6.54 Å². The highest BCUT2D eigenvalue weighted by molar-refractivity contribution is 5.85. The zero-order valence-electron chi connectivity index (χ0n) is 7.65. The monoisotopic (exact) mass is 201 g/mol. The molecule has 0 atom stereocenters. The topological polar surface area (TPSA) is 43.8 Å². The van der Waals surface area contributed by atoms with Gasteiger partial charge in [0.15, 0.2) is 0 Å². The minimum Gasteiger partial charge on any atom is -0.325 e. The van der Waals surface area contributed by atoms with Crippen molar-refractivity contribution in [1.82, 2.24) is 9.78 Å². The molecule has 1 aromatic heterocycles. The van der Waals surface area contributed by atoms with Crippen molar-refractivity contribution in [2.45, 2.75) is 38.3 Å². The average molecular weight is 202 g/mol. The van der Waals surface area contributed by atoms with Crippen LogP contribution in [0.25, 0.3) is 0 Å². The zero-order valence-corrected chi connectivity index (χ0v) is 8.46. The molecule has 1 aromatic rings. The summed E-state index contributed by atoms with van der Waals surface area (Å²) in [6.45, 7) is 0.555. The summed E-state index contributed by atoms with van der Waals surface area (Å²) < 4.78 is 2.08. The van der Waals surface area contributed by atoms with Gasteiger partial charge in [0.2, 0.25) is 0 Å². The first-order valence-electron chi connectivity index (χ1n) is 4.64. The van der Waals surface area contributed by atoms with Gasteiger partial charge in [0.05, 0.1) is 11.7 Å². The second-order valence-corrected chi connectivity index (χ2v) is 3.43. The second-order valence-electron chi connectivity index (χ2n) is 3.43. The first-order chi connectivity index (χ1) is 5.90. The van der Waals surface area contributed by atoms with Crippen molar-refractivity contribution in [2.24, 2.45) is 5.73 Å². The predicted octanol–water partition coefficient (Wildman–Crippen LogP) is 1.88. The first-order valence-corrected chi connectivity index (χ1v) is 4.64. The molecule has 0 aromatic carbocycles. The van der Waals surface area contributed by atoms with Crippen LogP contribution in [-0.4, -0.2) is 9.78 Å². The largest absolute Gasteiger partial charge is 0.325 e. The van der Waals surface area contributed by atoms with Crippen LogP contribution in [0.3, 0.4) is 0 Å². The van der Waals surface area contributed by atoms with Crippen LogP contribution in [0, 0.1) is 0 Å². The Kier molecular flexibility index (Phi) is 3.75. The maximum atomic E-state index is 5.49. The van der Waals surface area contributed by atoms with Crippen molar-refractivity contribution < 1.29 is 0 Å². The fourth-order valence-electron chi connectivity index (χ4n) is 1.86. The normalized spacial score (nSPS) is 17.3. The van der Waals surface area contributed by atoms with Crippen molar-refractivity contribution >= 4 is 12.4 Å². The number of nitrogens with two attached hydrogens (primary N) is 1. The quantitative estimate of drug-likeness (QED) is 0.794. The molecular weight excluding hydrogens is 186 g/mol. The summed E-state index contributed by atoms with van der Waals surface area (Å²) in [4.78, 5) is 0. The van der Waals surface area contributed by atoms with Crippen molar-refractivity contribution in [2.75, 3.05) is 0 Å². The summed E-state index contributed by atoms with van der Waals surface area (Å²) in [7, 11) is 0. The van der Waals surface area contributed by atoms with Gasteiger partial charge in [-0.25, -0.2) is 0 Å². The summed E-state index contributed by atoms with van der Waals surface area (Å²) in [5.41, 5.74) is 6.49. The highest BCUT2D eigenvalue weighted by Crippen LogP contribution is 2.28. The first kappa shape index (κ1) is 10.5. The molecule has 1 aliphatic carbocycles. The molecule has 1 fully saturated rings. The molecule has 0 aliphatic heterocycles. The van der Waals surface area contributed by atoms with E-state index in [0.717, 1.165) is 5.69 Å². The van der Waals surface area contributed by atoms with Gasteiger partial charge in [-0.05, 0) is 18.9 Å². The molecule has 0 unspecified atom stereocenters. The van der Waals surface area contributed by atoms with E-state index >= 15 is 0 Å². The van der Waals surface area contributed by atoms with Gasteiger partial charge in [-0.3, -0.25) is 4.68 Å². The molecule has 2 N–H and O–H groups in total. The van der Waals surface area contributed by atoms with Crippen LogP contribution in [0.5, 0.6) is 0 Å². The Balaban J connectivity index is 0.000000845. The molecule has 0 amide bonds. The van der Waals surface area contributed by atoms with Crippen molar-refractivity contribution in [3.8, 4) is 0 Å². The number of halogens is 1. The van der Waals surface area contributed by atoms with E-state index in [2.05, 4.69) is 16.0 Å². The lowest BCUT2D eigenvalue weighted by molar-refractivity contribution is 0.463. The molecule has 4 heteroatoms. The highest BCUT2D eigenvalue weighted by atomic mass is 35.5. The molecule has 1 heterocycles. The van der Waals surface area contributed by atoms with E-state index in [1.54, 1.807) is 0 Å². The molecule has 74 valence electrons. The van der Waals surface area contributed by atoms with Crippen molar-refractivity contribution in [3.63, 3.8) is 0 Å². The summed E-state index contributed by atoms with van der Waals surface area (Å²) >= 11 is 0. The molecular formula is C9H16ClN3. The molecule has 0 radical (unpaired) electrons. The Hall–Kier alpha value is -0.540. The van der Waals surface area contributed by atoms with Gasteiger partial charge in [0.1, 0.15) is 0 Å². The smallest absolute Gasteiger partial charge is 0.0760 e.